The highest BCUT2D eigenvalue weighted by molar-refractivity contribution is 5.64. The van der Waals surface area contributed by atoms with E-state index in [1.807, 2.05) is 0 Å². The van der Waals surface area contributed by atoms with Gasteiger partial charge in [-0.3, -0.25) is 0 Å². The van der Waals surface area contributed by atoms with E-state index in [9.17, 15) is 9.90 Å². The fourth-order valence-corrected chi connectivity index (χ4v) is 0.773. The summed E-state index contributed by atoms with van der Waals surface area (Å²) in [6.07, 6.45) is -1.50. The summed E-state index contributed by atoms with van der Waals surface area (Å²) in [4.78, 5) is 9.94. The lowest BCUT2D eigenvalue weighted by Gasteiger charge is -2.22. The number of carboxylic acid groups (broad SMARTS) is 1. The molecule has 0 fully saturated rings. The minimum atomic E-state index is -1.31. The van der Waals surface area contributed by atoms with Crippen LogP contribution < -0.4 is 5.11 Å². The Morgan fingerprint density at radius 3 is 2.36 bits per heavy atom. The summed E-state index contributed by atoms with van der Waals surface area (Å²) in [6, 6.07) is 0. The van der Waals surface area contributed by atoms with Crippen molar-refractivity contribution in [2.24, 2.45) is 0 Å². The molecule has 2 N–H and O–H groups in total. The highest BCUT2D eigenvalue weighted by Crippen LogP contribution is 1.97. The largest absolute Gasteiger partial charge is 0.550 e. The summed E-state index contributed by atoms with van der Waals surface area (Å²) in [7, 11) is 2.89. The van der Waals surface area contributed by atoms with Crippen molar-refractivity contribution < 1.29 is 24.9 Å². The lowest BCUT2D eigenvalue weighted by Crippen LogP contribution is -2.43. The first-order valence-corrected chi connectivity index (χ1v) is 3.25. The third-order valence-electron chi connectivity index (χ3n) is 1.06. The van der Waals surface area contributed by atoms with Gasteiger partial charge in [0.2, 0.25) is 0 Å². The highest BCUT2D eigenvalue weighted by Gasteiger charge is 2.17. The van der Waals surface area contributed by atoms with Crippen LogP contribution >= 0.6 is 0 Å². The van der Waals surface area contributed by atoms with Crippen LogP contribution in [0.25, 0.3) is 0 Å². The molecule has 0 radical (unpaired) electrons. The Morgan fingerprint density at radius 2 is 2.09 bits per heavy atom. The van der Waals surface area contributed by atoms with E-state index in [1.165, 1.54) is 14.1 Å². The van der Waals surface area contributed by atoms with Gasteiger partial charge < -0.3 is 15.0 Å². The van der Waals surface area contributed by atoms with E-state index >= 15 is 0 Å². The highest BCUT2D eigenvalue weighted by atomic mass is 16.5. The van der Waals surface area contributed by atoms with Gasteiger partial charge in [-0.15, -0.1) is 0 Å². The predicted molar refractivity (Wildman–Crippen MR) is 34.4 cm³/mol. The van der Waals surface area contributed by atoms with E-state index in [2.05, 4.69) is 0 Å². The van der Waals surface area contributed by atoms with Crippen LogP contribution in [-0.4, -0.2) is 47.7 Å². The molecular formula is C6H13NO4. The van der Waals surface area contributed by atoms with Crippen LogP contribution in [0.3, 0.4) is 0 Å². The maximum atomic E-state index is 9.94. The van der Waals surface area contributed by atoms with Crippen LogP contribution in [-0.2, 0) is 4.79 Å². The fourth-order valence-electron chi connectivity index (χ4n) is 0.773. The van der Waals surface area contributed by atoms with Crippen molar-refractivity contribution in [1.29, 1.82) is 0 Å². The second-order valence-electron chi connectivity index (χ2n) is 3.03. The SMILES string of the molecule is C[N+](C)(O)CC(O)CC(=O)[O-]. The van der Waals surface area contributed by atoms with Crippen LogP contribution in [0, 0.1) is 0 Å². The molecule has 0 aromatic heterocycles. The van der Waals surface area contributed by atoms with Crippen LogP contribution in [0.5, 0.6) is 0 Å². The number of aliphatic carboxylic acids is 1. The number of carbonyl (C=O) groups is 1. The van der Waals surface area contributed by atoms with Gasteiger partial charge in [0, 0.05) is 12.4 Å². The molecule has 0 aliphatic heterocycles. The van der Waals surface area contributed by atoms with E-state index in [1.54, 1.807) is 0 Å². The molecule has 0 aromatic carbocycles. The van der Waals surface area contributed by atoms with Crippen molar-refractivity contribution in [2.75, 3.05) is 20.6 Å². The molecule has 1 atom stereocenters. The van der Waals surface area contributed by atoms with Gasteiger partial charge >= 0.3 is 0 Å². The lowest BCUT2D eigenvalue weighted by molar-refractivity contribution is -1.07. The monoisotopic (exact) mass is 163 g/mol. The molecular weight excluding hydrogens is 150 g/mol. The minimum absolute atomic E-state index is 0.0199. The van der Waals surface area contributed by atoms with E-state index < -0.39 is 23.1 Å². The van der Waals surface area contributed by atoms with Crippen molar-refractivity contribution in [3.05, 3.63) is 0 Å². The van der Waals surface area contributed by atoms with Crippen molar-refractivity contribution in [3.8, 4) is 0 Å². The number of nitrogens with zero attached hydrogens (tertiary/aromatic N) is 1. The summed E-state index contributed by atoms with van der Waals surface area (Å²) in [6.45, 7) is -0.0199. The molecule has 0 rings (SSSR count). The minimum Gasteiger partial charge on any atom is -0.550 e. The van der Waals surface area contributed by atoms with E-state index in [-0.39, 0.29) is 6.54 Å². The maximum absolute atomic E-state index is 9.94. The summed E-state index contributed by atoms with van der Waals surface area (Å²) < 4.78 is -0.450. The molecule has 0 aliphatic rings. The molecule has 0 bridgehead atoms. The van der Waals surface area contributed by atoms with Crippen molar-refractivity contribution in [1.82, 2.24) is 0 Å². The zero-order valence-electron chi connectivity index (χ0n) is 6.65. The zero-order chi connectivity index (χ0) is 9.07. The van der Waals surface area contributed by atoms with Gasteiger partial charge in [-0.1, -0.05) is 0 Å². The number of rotatable bonds is 4. The Kier molecular flexibility index (Phi) is 3.44. The number of aliphatic hydroxyl groups is 1. The van der Waals surface area contributed by atoms with E-state index in [0.717, 1.165) is 0 Å². The van der Waals surface area contributed by atoms with E-state index in [0.29, 0.717) is 0 Å². The first kappa shape index (κ1) is 10.3. The molecule has 0 heterocycles. The second-order valence-corrected chi connectivity index (χ2v) is 3.03. The number of hydrogen-bond acceptors (Lipinski definition) is 4. The van der Waals surface area contributed by atoms with E-state index in [4.69, 9.17) is 10.3 Å². The quantitative estimate of drug-likeness (QED) is 0.369. The zero-order valence-corrected chi connectivity index (χ0v) is 6.65. The molecule has 66 valence electrons. The summed E-state index contributed by atoms with van der Waals surface area (Å²) in [5, 5.41) is 28.0. The van der Waals surface area contributed by atoms with Crippen molar-refractivity contribution in [2.45, 2.75) is 12.5 Å². The number of aliphatic hydroxyl groups excluding tert-OH is 1. The number of hydroxylamine groups is 3. The third kappa shape index (κ3) is 7.24. The fraction of sp³-hybridized carbons (Fsp3) is 0.833. The maximum Gasteiger partial charge on any atom is 0.135 e. The molecule has 5 heteroatoms. The van der Waals surface area contributed by atoms with Crippen molar-refractivity contribution >= 4 is 5.97 Å². The number of hydrogen-bond donors (Lipinski definition) is 2. The second kappa shape index (κ2) is 3.66. The average molecular weight is 163 g/mol. The molecule has 11 heavy (non-hydrogen) atoms. The van der Waals surface area contributed by atoms with Crippen LogP contribution in [0.15, 0.2) is 0 Å². The van der Waals surface area contributed by atoms with Crippen molar-refractivity contribution in [3.63, 3.8) is 0 Å². The molecule has 0 saturated heterocycles. The van der Waals surface area contributed by atoms with Crippen LogP contribution in [0.1, 0.15) is 6.42 Å². The Morgan fingerprint density at radius 1 is 1.64 bits per heavy atom. The topological polar surface area (TPSA) is 80.6 Å². The molecule has 5 nitrogen and oxygen atoms in total. The number of likely N-dealkylation sites (N-methyl/N-ethyl adjacent to an activating group) is 1. The Bertz CT molecular complexity index is 140. The number of carboxylic acids is 1. The first-order chi connectivity index (χ1) is 4.81. The van der Waals surface area contributed by atoms with Gasteiger partial charge in [-0.05, 0) is 0 Å². The molecule has 0 saturated carbocycles. The Balaban J connectivity index is 3.69. The smallest absolute Gasteiger partial charge is 0.135 e. The van der Waals surface area contributed by atoms with Crippen LogP contribution in [0.4, 0.5) is 0 Å². The average Bonchev–Trinajstić information content (AvgIpc) is 1.53. The Hall–Kier alpha value is -0.650. The van der Waals surface area contributed by atoms with Gasteiger partial charge in [0.05, 0.1) is 14.1 Å². The lowest BCUT2D eigenvalue weighted by atomic mass is 10.2. The number of quaternary nitrogens is 1. The van der Waals surface area contributed by atoms with Gasteiger partial charge in [-0.25, -0.2) is 5.21 Å². The standard InChI is InChI=1S/C6H13NO4/c1-7(2,11)4-5(8)3-6(9)10/h5,8,11H,3-4H2,1-2H3. The van der Waals surface area contributed by atoms with Crippen LogP contribution in [0.2, 0.25) is 0 Å². The normalized spacial score (nSPS) is 14.5. The van der Waals surface area contributed by atoms with Gasteiger partial charge in [0.25, 0.3) is 0 Å². The summed E-state index contributed by atoms with van der Waals surface area (Å²) in [5.41, 5.74) is 0. The molecule has 0 amide bonds. The Labute approximate surface area is 65.0 Å². The third-order valence-corrected chi connectivity index (χ3v) is 1.06. The number of carbonyl (C=O) groups excluding carboxylic acids is 1. The molecule has 0 spiro atoms. The summed E-state index contributed by atoms with van der Waals surface area (Å²) >= 11 is 0. The predicted octanol–water partition coefficient (Wildman–Crippen LogP) is -2.05. The van der Waals surface area contributed by atoms with Gasteiger partial charge in [0.15, 0.2) is 0 Å². The first-order valence-electron chi connectivity index (χ1n) is 3.25. The van der Waals surface area contributed by atoms with Gasteiger partial charge in [-0.2, -0.15) is 4.65 Å². The molecule has 0 aromatic rings. The summed E-state index contributed by atoms with van der Waals surface area (Å²) in [5.74, 6) is -1.31. The molecule has 1 unspecified atom stereocenters. The molecule has 0 aliphatic carbocycles. The van der Waals surface area contributed by atoms with Gasteiger partial charge in [0.1, 0.15) is 12.6 Å².